The first-order chi connectivity index (χ1) is 13.6. The second-order valence-corrected chi connectivity index (χ2v) is 6.78. The van der Waals surface area contributed by atoms with Crippen molar-refractivity contribution in [1.82, 2.24) is 5.43 Å². The molecule has 6 nitrogen and oxygen atoms in total. The summed E-state index contributed by atoms with van der Waals surface area (Å²) in [5, 5.41) is 5.71. The normalized spacial score (nSPS) is 10.6. The van der Waals surface area contributed by atoms with Gasteiger partial charge in [-0.1, -0.05) is 35.9 Å². The molecule has 2 aromatic carbocycles. The average molecular weight is 394 g/mol. The Morgan fingerprint density at radius 1 is 1.07 bits per heavy atom. The number of hydrogen-bond donors (Lipinski definition) is 1. The Kier molecular flexibility index (Phi) is 6.54. The van der Waals surface area contributed by atoms with Crippen molar-refractivity contribution in [2.24, 2.45) is 5.10 Å². The summed E-state index contributed by atoms with van der Waals surface area (Å²) in [7, 11) is 0. The number of ether oxygens (including phenoxy) is 2. The third-order valence-electron chi connectivity index (χ3n) is 3.58. The fourth-order valence-electron chi connectivity index (χ4n) is 2.20. The van der Waals surface area contributed by atoms with Crippen LogP contribution in [0.25, 0.3) is 0 Å². The largest absolute Gasteiger partial charge is 0.484 e. The first-order valence-corrected chi connectivity index (χ1v) is 9.35. The van der Waals surface area contributed by atoms with E-state index >= 15 is 0 Å². The standard InChI is InChI=1S/C21H18N2O4S/c1-15-7-9-17(10-8-15)26-14-20(24)23-22-13-16-4-2-5-18(12-16)27-21(25)19-6-3-11-28-19/h2-13H,14H2,1H3,(H,23,24)/b22-13+. The molecule has 0 aliphatic rings. The Hall–Kier alpha value is -3.45. The molecule has 0 fully saturated rings. The molecule has 3 rings (SSSR count). The van der Waals surface area contributed by atoms with Crippen LogP contribution in [-0.2, 0) is 4.79 Å². The number of carbonyl (C=O) groups is 2. The van der Waals surface area contributed by atoms with Crippen LogP contribution < -0.4 is 14.9 Å². The lowest BCUT2D eigenvalue weighted by Crippen LogP contribution is -2.24. The lowest BCUT2D eigenvalue weighted by molar-refractivity contribution is -0.123. The molecule has 1 heterocycles. The molecular formula is C21H18N2O4S. The molecule has 1 N–H and O–H groups in total. The first-order valence-electron chi connectivity index (χ1n) is 8.47. The molecule has 142 valence electrons. The van der Waals surface area contributed by atoms with Crippen LogP contribution in [0.5, 0.6) is 11.5 Å². The van der Waals surface area contributed by atoms with Gasteiger partial charge in [-0.05, 0) is 48.2 Å². The summed E-state index contributed by atoms with van der Waals surface area (Å²) < 4.78 is 10.7. The van der Waals surface area contributed by atoms with Crippen LogP contribution in [0, 0.1) is 6.92 Å². The molecule has 1 amide bonds. The molecule has 0 saturated heterocycles. The van der Waals surface area contributed by atoms with Crippen molar-refractivity contribution in [3.8, 4) is 11.5 Å². The van der Waals surface area contributed by atoms with Crippen molar-refractivity contribution >= 4 is 29.4 Å². The minimum atomic E-state index is -0.411. The van der Waals surface area contributed by atoms with Crippen molar-refractivity contribution in [3.05, 3.63) is 82.0 Å². The summed E-state index contributed by atoms with van der Waals surface area (Å²) in [6, 6.07) is 17.8. The minimum absolute atomic E-state index is 0.140. The smallest absolute Gasteiger partial charge is 0.353 e. The number of hydrogen-bond acceptors (Lipinski definition) is 6. The second-order valence-electron chi connectivity index (χ2n) is 5.83. The zero-order valence-electron chi connectivity index (χ0n) is 15.1. The van der Waals surface area contributed by atoms with E-state index in [-0.39, 0.29) is 12.5 Å². The summed E-state index contributed by atoms with van der Waals surface area (Å²) in [5.74, 6) is 0.226. The van der Waals surface area contributed by atoms with E-state index in [2.05, 4.69) is 10.5 Å². The molecule has 0 unspecified atom stereocenters. The van der Waals surface area contributed by atoms with Crippen LogP contribution in [0.1, 0.15) is 20.8 Å². The number of esters is 1. The van der Waals surface area contributed by atoms with E-state index in [9.17, 15) is 9.59 Å². The third-order valence-corrected chi connectivity index (χ3v) is 4.43. The van der Waals surface area contributed by atoms with Gasteiger partial charge in [0.25, 0.3) is 5.91 Å². The number of hydrazone groups is 1. The van der Waals surface area contributed by atoms with Gasteiger partial charge in [-0.3, -0.25) is 4.79 Å². The Morgan fingerprint density at radius 2 is 1.89 bits per heavy atom. The van der Waals surface area contributed by atoms with Gasteiger partial charge in [0.1, 0.15) is 16.4 Å². The van der Waals surface area contributed by atoms with E-state index in [1.807, 2.05) is 24.4 Å². The molecule has 0 radical (unpaired) electrons. The Balaban J connectivity index is 1.49. The van der Waals surface area contributed by atoms with Crippen LogP contribution in [0.3, 0.4) is 0 Å². The van der Waals surface area contributed by atoms with Gasteiger partial charge in [-0.15, -0.1) is 11.3 Å². The number of aryl methyl sites for hydroxylation is 1. The monoisotopic (exact) mass is 394 g/mol. The number of rotatable bonds is 7. The lowest BCUT2D eigenvalue weighted by atomic mass is 10.2. The quantitative estimate of drug-likeness (QED) is 0.286. The number of amides is 1. The van der Waals surface area contributed by atoms with Gasteiger partial charge in [0, 0.05) is 0 Å². The summed E-state index contributed by atoms with van der Waals surface area (Å²) in [4.78, 5) is 24.3. The maximum absolute atomic E-state index is 12.0. The van der Waals surface area contributed by atoms with Crippen molar-refractivity contribution < 1.29 is 19.1 Å². The van der Waals surface area contributed by atoms with Gasteiger partial charge < -0.3 is 9.47 Å². The highest BCUT2D eigenvalue weighted by Gasteiger charge is 2.09. The number of benzene rings is 2. The Bertz CT molecular complexity index is 966. The van der Waals surface area contributed by atoms with Crippen molar-refractivity contribution in [2.75, 3.05) is 6.61 Å². The van der Waals surface area contributed by atoms with Crippen molar-refractivity contribution in [3.63, 3.8) is 0 Å². The van der Waals surface area contributed by atoms with Gasteiger partial charge in [0.2, 0.25) is 0 Å². The molecule has 0 spiro atoms. The molecule has 1 aromatic heterocycles. The molecule has 0 aliphatic carbocycles. The highest BCUT2D eigenvalue weighted by Crippen LogP contribution is 2.16. The van der Waals surface area contributed by atoms with Gasteiger partial charge in [-0.25, -0.2) is 10.2 Å². The van der Waals surface area contributed by atoms with Crippen molar-refractivity contribution in [1.29, 1.82) is 0 Å². The fourth-order valence-corrected chi connectivity index (χ4v) is 2.80. The number of carbonyl (C=O) groups excluding carboxylic acids is 2. The molecule has 0 saturated carbocycles. The van der Waals surface area contributed by atoms with E-state index in [0.717, 1.165) is 5.56 Å². The number of nitrogens with one attached hydrogen (secondary N) is 1. The van der Waals surface area contributed by atoms with E-state index in [1.54, 1.807) is 48.5 Å². The SMILES string of the molecule is Cc1ccc(OCC(=O)N/N=C/c2cccc(OC(=O)c3cccs3)c2)cc1. The lowest BCUT2D eigenvalue weighted by Gasteiger charge is -2.05. The molecule has 3 aromatic rings. The summed E-state index contributed by atoms with van der Waals surface area (Å²) >= 11 is 1.31. The maximum Gasteiger partial charge on any atom is 0.353 e. The van der Waals surface area contributed by atoms with Crippen LogP contribution in [0.2, 0.25) is 0 Å². The van der Waals surface area contributed by atoms with E-state index in [1.165, 1.54) is 17.6 Å². The fraction of sp³-hybridized carbons (Fsp3) is 0.0952. The summed E-state index contributed by atoms with van der Waals surface area (Å²) in [6.07, 6.45) is 1.46. The zero-order valence-corrected chi connectivity index (χ0v) is 15.9. The van der Waals surface area contributed by atoms with Crippen LogP contribution >= 0.6 is 11.3 Å². The van der Waals surface area contributed by atoms with Gasteiger partial charge in [0.05, 0.1) is 6.21 Å². The van der Waals surface area contributed by atoms with Crippen LogP contribution in [0.4, 0.5) is 0 Å². The highest BCUT2D eigenvalue weighted by molar-refractivity contribution is 7.12. The molecule has 0 atom stereocenters. The molecule has 0 bridgehead atoms. The minimum Gasteiger partial charge on any atom is -0.484 e. The predicted octanol–water partition coefficient (Wildman–Crippen LogP) is 3.80. The molecule has 0 aliphatic heterocycles. The average Bonchev–Trinajstić information content (AvgIpc) is 3.23. The van der Waals surface area contributed by atoms with E-state index < -0.39 is 5.97 Å². The van der Waals surface area contributed by atoms with Gasteiger partial charge in [0.15, 0.2) is 6.61 Å². The Morgan fingerprint density at radius 3 is 2.64 bits per heavy atom. The van der Waals surface area contributed by atoms with Crippen molar-refractivity contribution in [2.45, 2.75) is 6.92 Å². The second kappa shape index (κ2) is 9.48. The first kappa shape index (κ1) is 19.3. The molecule has 7 heteroatoms. The number of nitrogens with zero attached hydrogens (tertiary/aromatic N) is 1. The zero-order chi connectivity index (χ0) is 19.8. The molecular weight excluding hydrogens is 376 g/mol. The maximum atomic E-state index is 12.0. The van der Waals surface area contributed by atoms with E-state index in [0.29, 0.717) is 21.9 Å². The highest BCUT2D eigenvalue weighted by atomic mass is 32.1. The molecule has 28 heavy (non-hydrogen) atoms. The topological polar surface area (TPSA) is 77.0 Å². The van der Waals surface area contributed by atoms with Crippen LogP contribution in [-0.4, -0.2) is 24.7 Å². The number of thiophene rings is 1. The summed E-state index contributed by atoms with van der Waals surface area (Å²) in [5.41, 5.74) is 4.19. The van der Waals surface area contributed by atoms with Gasteiger partial charge >= 0.3 is 5.97 Å². The van der Waals surface area contributed by atoms with Gasteiger partial charge in [-0.2, -0.15) is 5.10 Å². The third kappa shape index (κ3) is 5.78. The van der Waals surface area contributed by atoms with E-state index in [4.69, 9.17) is 9.47 Å². The Labute approximate surface area is 166 Å². The summed E-state index contributed by atoms with van der Waals surface area (Å²) in [6.45, 7) is 1.84. The predicted molar refractivity (Wildman–Crippen MR) is 108 cm³/mol. The van der Waals surface area contributed by atoms with Crippen LogP contribution in [0.15, 0.2) is 71.1 Å².